The predicted octanol–water partition coefficient (Wildman–Crippen LogP) is 7.91. The van der Waals surface area contributed by atoms with Crippen molar-refractivity contribution < 1.29 is 18.9 Å². The van der Waals surface area contributed by atoms with Crippen molar-refractivity contribution in [1.82, 2.24) is 4.57 Å². The van der Waals surface area contributed by atoms with E-state index in [0.29, 0.717) is 0 Å². The van der Waals surface area contributed by atoms with Crippen LogP contribution in [-0.4, -0.2) is 18.0 Å². The molecule has 254 valence electrons. The summed E-state index contributed by atoms with van der Waals surface area (Å²) in [5.41, 5.74) is 12.1. The van der Waals surface area contributed by atoms with Gasteiger partial charge in [-0.25, -0.2) is 0 Å². The quantitative estimate of drug-likeness (QED) is 0.172. The lowest BCUT2D eigenvalue weighted by atomic mass is 9.35. The Labute approximate surface area is 317 Å². The highest BCUT2D eigenvalue weighted by molar-refractivity contribution is 6.99. The molecule has 0 atom stereocenters. The second-order valence-electron chi connectivity index (χ2n) is 14.8. The van der Waals surface area contributed by atoms with Crippen molar-refractivity contribution in [2.45, 2.75) is 0 Å². The first-order valence-corrected chi connectivity index (χ1v) is 18.7. The molecule has 5 nitrogen and oxygen atoms in total. The van der Waals surface area contributed by atoms with E-state index < -0.39 is 0 Å². The Hall–Kier alpha value is -7.11. The molecule has 0 aliphatic carbocycles. The van der Waals surface area contributed by atoms with Gasteiger partial charge < -0.3 is 23.5 Å². The van der Waals surface area contributed by atoms with Crippen LogP contribution in [0, 0.1) is 0 Å². The summed E-state index contributed by atoms with van der Waals surface area (Å²) in [5, 5.41) is 2.31. The average Bonchev–Trinajstić information content (AvgIpc) is 3.57. The second-order valence-corrected chi connectivity index (χ2v) is 14.8. The predicted molar refractivity (Wildman–Crippen MR) is 222 cm³/mol. The van der Waals surface area contributed by atoms with Crippen LogP contribution in [0.4, 0.5) is 0 Å². The fraction of sp³-hybridized carbons (Fsp3) is 0. The minimum absolute atomic E-state index is 0.0294. The summed E-state index contributed by atoms with van der Waals surface area (Å²) in [4.78, 5) is 0. The third-order valence-corrected chi connectivity index (χ3v) is 11.8. The average molecular weight is 703 g/mol. The van der Waals surface area contributed by atoms with Gasteiger partial charge in [-0.1, -0.05) is 97.1 Å². The summed E-state index contributed by atoms with van der Waals surface area (Å²) < 4.78 is 29.0. The molecule has 0 bridgehead atoms. The lowest BCUT2D eigenvalue weighted by Crippen LogP contribution is -2.57. The highest BCUT2D eigenvalue weighted by Crippen LogP contribution is 2.42. The smallest absolute Gasteiger partial charge is 0.260 e. The second kappa shape index (κ2) is 10.7. The molecule has 9 aromatic rings. The van der Waals surface area contributed by atoms with E-state index >= 15 is 0 Å². The van der Waals surface area contributed by atoms with Crippen LogP contribution < -0.4 is 51.7 Å². The Morgan fingerprint density at radius 2 is 0.745 bits per heavy atom. The van der Waals surface area contributed by atoms with Crippen LogP contribution in [0.1, 0.15) is 0 Å². The van der Waals surface area contributed by atoms with Gasteiger partial charge in [-0.15, -0.1) is 0 Å². The number of para-hydroxylation sites is 5. The van der Waals surface area contributed by atoms with E-state index in [1.165, 1.54) is 0 Å². The molecule has 0 radical (unpaired) electrons. The van der Waals surface area contributed by atoms with Crippen LogP contribution >= 0.6 is 0 Å². The highest BCUT2D eigenvalue weighted by Gasteiger charge is 2.42. The van der Waals surface area contributed by atoms with Gasteiger partial charge in [0.15, 0.2) is 0 Å². The SMILES string of the molecule is c1ccc2c(c1)Oc1cc(-c3ccc4c(c3)c3ccccc3n4-c3cc4c5c(c3)Oc3ccccc3B5c3ccccc3O4)cc3c1B2c1ccccc1O3. The van der Waals surface area contributed by atoms with Gasteiger partial charge in [-0.3, -0.25) is 0 Å². The van der Waals surface area contributed by atoms with Crippen molar-refractivity contribution in [3.05, 3.63) is 164 Å². The summed E-state index contributed by atoms with van der Waals surface area (Å²) in [6.07, 6.45) is 0. The molecule has 0 saturated carbocycles. The van der Waals surface area contributed by atoms with Crippen molar-refractivity contribution in [3.63, 3.8) is 0 Å². The van der Waals surface area contributed by atoms with E-state index in [-0.39, 0.29) is 13.4 Å². The molecule has 0 fully saturated rings. The molecule has 7 heteroatoms. The first kappa shape index (κ1) is 29.4. The largest absolute Gasteiger partial charge is 0.458 e. The molecule has 4 aliphatic rings. The van der Waals surface area contributed by atoms with Gasteiger partial charge in [0.25, 0.3) is 13.4 Å². The first-order valence-electron chi connectivity index (χ1n) is 18.7. The van der Waals surface area contributed by atoms with E-state index in [9.17, 15) is 0 Å². The summed E-state index contributed by atoms with van der Waals surface area (Å²) >= 11 is 0. The number of ether oxygens (including phenoxy) is 4. The maximum absolute atomic E-state index is 6.69. The van der Waals surface area contributed by atoms with Crippen molar-refractivity contribution in [2.75, 3.05) is 0 Å². The molecule has 8 aromatic carbocycles. The number of hydrogen-bond acceptors (Lipinski definition) is 4. The molecule has 55 heavy (non-hydrogen) atoms. The molecular weight excluding hydrogens is 676 g/mol. The van der Waals surface area contributed by atoms with Gasteiger partial charge in [0.1, 0.15) is 46.0 Å². The van der Waals surface area contributed by atoms with Crippen molar-refractivity contribution >= 4 is 68.0 Å². The zero-order valence-corrected chi connectivity index (χ0v) is 29.3. The topological polar surface area (TPSA) is 41.9 Å². The molecule has 1 aromatic heterocycles. The number of aromatic nitrogens is 1. The molecular formula is C48H27B2NO4. The van der Waals surface area contributed by atoms with E-state index in [2.05, 4.69) is 144 Å². The highest BCUT2D eigenvalue weighted by atomic mass is 16.5. The van der Waals surface area contributed by atoms with Crippen molar-refractivity contribution in [2.24, 2.45) is 0 Å². The number of rotatable bonds is 2. The number of nitrogens with zero attached hydrogens (tertiary/aromatic N) is 1. The standard InChI is InChI=1S/C48H27B2NO4/c1-6-16-37-31(11-1)32-23-28(29-24-43-47-44(25-29)53-40-18-8-3-13-34(40)49(47)33-12-2-7-17-39(33)52-43)21-22-38(32)51(37)30-26-45-48-46(27-30)55-42-20-10-5-15-36(42)50(48)35-14-4-9-19-41(35)54-45/h1-27H. The number of fused-ring (bicyclic) bond motifs is 11. The van der Waals surface area contributed by atoms with Gasteiger partial charge >= 0.3 is 0 Å². The zero-order chi connectivity index (χ0) is 35.8. The number of benzene rings is 8. The maximum Gasteiger partial charge on any atom is 0.260 e. The third kappa shape index (κ3) is 4.04. The van der Waals surface area contributed by atoms with Gasteiger partial charge in [-0.05, 0) is 87.6 Å². The Kier molecular flexibility index (Phi) is 5.73. The molecule has 0 saturated heterocycles. The first-order chi connectivity index (χ1) is 27.2. The minimum atomic E-state index is 0.0294. The van der Waals surface area contributed by atoms with E-state index in [4.69, 9.17) is 18.9 Å². The molecule has 0 amide bonds. The Morgan fingerprint density at radius 3 is 1.25 bits per heavy atom. The Morgan fingerprint density at radius 1 is 0.327 bits per heavy atom. The lowest BCUT2D eigenvalue weighted by molar-refractivity contribution is 0.464. The van der Waals surface area contributed by atoms with Crippen LogP contribution in [0.15, 0.2) is 164 Å². The molecule has 5 heterocycles. The molecule has 0 spiro atoms. The molecule has 0 N–H and O–H groups in total. The van der Waals surface area contributed by atoms with Crippen LogP contribution in [0.5, 0.6) is 46.0 Å². The van der Waals surface area contributed by atoms with Crippen LogP contribution in [0.2, 0.25) is 0 Å². The third-order valence-electron chi connectivity index (χ3n) is 11.8. The summed E-state index contributed by atoms with van der Waals surface area (Å²) in [5.74, 6) is 6.82. The van der Waals surface area contributed by atoms with E-state index in [1.54, 1.807) is 0 Å². The fourth-order valence-corrected chi connectivity index (χ4v) is 9.50. The molecule has 4 aliphatic heterocycles. The Balaban J connectivity index is 0.984. The number of hydrogen-bond donors (Lipinski definition) is 0. The lowest BCUT2D eigenvalue weighted by Gasteiger charge is -2.33. The zero-order valence-electron chi connectivity index (χ0n) is 29.3. The van der Waals surface area contributed by atoms with Crippen molar-refractivity contribution in [3.8, 4) is 62.8 Å². The molecule has 13 rings (SSSR count). The fourth-order valence-electron chi connectivity index (χ4n) is 9.50. The normalized spacial score (nSPS) is 13.6. The van der Waals surface area contributed by atoms with E-state index in [1.807, 2.05) is 24.3 Å². The minimum Gasteiger partial charge on any atom is -0.458 e. The van der Waals surface area contributed by atoms with Crippen molar-refractivity contribution in [1.29, 1.82) is 0 Å². The summed E-state index contributed by atoms with van der Waals surface area (Å²) in [6, 6.07) is 57.4. The van der Waals surface area contributed by atoms with E-state index in [0.717, 1.165) is 117 Å². The van der Waals surface area contributed by atoms with Crippen LogP contribution in [-0.2, 0) is 0 Å². The van der Waals surface area contributed by atoms with Crippen LogP contribution in [0.25, 0.3) is 38.6 Å². The monoisotopic (exact) mass is 703 g/mol. The van der Waals surface area contributed by atoms with Gasteiger partial charge in [0.2, 0.25) is 0 Å². The van der Waals surface area contributed by atoms with Gasteiger partial charge in [0, 0.05) is 33.8 Å². The molecule has 0 unspecified atom stereocenters. The Bertz CT molecular complexity index is 3010. The van der Waals surface area contributed by atoms with Gasteiger partial charge in [0.05, 0.1) is 16.7 Å². The van der Waals surface area contributed by atoms with Crippen LogP contribution in [0.3, 0.4) is 0 Å². The summed E-state index contributed by atoms with van der Waals surface area (Å²) in [7, 11) is 0. The van der Waals surface area contributed by atoms with Gasteiger partial charge in [-0.2, -0.15) is 0 Å². The summed E-state index contributed by atoms with van der Waals surface area (Å²) in [6.45, 7) is 0.0724. The maximum atomic E-state index is 6.69.